The number of halogens is 3. The summed E-state index contributed by atoms with van der Waals surface area (Å²) in [4.78, 5) is 2.41. The van der Waals surface area contributed by atoms with E-state index in [0.29, 0.717) is 23.7 Å². The third kappa shape index (κ3) is 7.66. The van der Waals surface area contributed by atoms with Gasteiger partial charge in [0.1, 0.15) is 0 Å². The van der Waals surface area contributed by atoms with Gasteiger partial charge in [-0.15, -0.1) is 0 Å². The zero-order chi connectivity index (χ0) is 29.9. The molecule has 0 bridgehead atoms. The Bertz CT molecular complexity index is 1250. The van der Waals surface area contributed by atoms with Gasteiger partial charge in [0.05, 0.1) is 0 Å². The van der Waals surface area contributed by atoms with Crippen molar-refractivity contribution < 1.29 is 30.7 Å². The maximum atomic E-state index is 10.7. The molecule has 0 saturated heterocycles. The third-order valence-electron chi connectivity index (χ3n) is 6.41. The van der Waals surface area contributed by atoms with E-state index >= 15 is 0 Å². The van der Waals surface area contributed by atoms with Crippen molar-refractivity contribution in [1.29, 1.82) is 0 Å². The normalized spacial score (nSPS) is 12.4. The van der Waals surface area contributed by atoms with Gasteiger partial charge in [0.2, 0.25) is 0 Å². The number of benzene rings is 2. The Labute approximate surface area is 241 Å². The monoisotopic (exact) mass is 682 g/mol. The Hall–Kier alpha value is -1.86. The maximum absolute atomic E-state index is 10.7. The minimum absolute atomic E-state index is 0.357. The Morgan fingerprint density at radius 3 is 1.46 bits per heavy atom. The largest absolute Gasteiger partial charge is 0.741 e. The summed E-state index contributed by atoms with van der Waals surface area (Å²) in [5.74, 6) is 1.96. The van der Waals surface area contributed by atoms with Gasteiger partial charge < -0.3 is 4.55 Å². The van der Waals surface area contributed by atoms with Gasteiger partial charge in [-0.05, 0) is 0 Å². The average Bonchev–Trinajstić information content (AvgIpc) is 3.25. The minimum Gasteiger partial charge on any atom is -0.741 e. The molecular formula is C29H39F3N2O3STe. The van der Waals surface area contributed by atoms with Crippen molar-refractivity contribution >= 4 is 34.9 Å². The maximum Gasteiger partial charge on any atom is 0.485 e. The molecule has 3 rings (SSSR count). The van der Waals surface area contributed by atoms with Crippen molar-refractivity contribution in [3.05, 3.63) is 71.0 Å². The molecule has 3 aromatic rings. The van der Waals surface area contributed by atoms with E-state index in [1.165, 1.54) is 37.5 Å². The van der Waals surface area contributed by atoms with Crippen molar-refractivity contribution in [2.24, 2.45) is 0 Å². The summed E-state index contributed by atoms with van der Waals surface area (Å²) >= 11 is -0.357. The van der Waals surface area contributed by atoms with Crippen molar-refractivity contribution in [1.82, 2.24) is 4.57 Å². The molecule has 0 aliphatic carbocycles. The fourth-order valence-electron chi connectivity index (χ4n) is 4.49. The van der Waals surface area contributed by atoms with Gasteiger partial charge in [-0.25, -0.2) is 8.42 Å². The Balaban J connectivity index is 0.000000580. The summed E-state index contributed by atoms with van der Waals surface area (Å²) < 4.78 is 65.4. The number of rotatable bonds is 7. The van der Waals surface area contributed by atoms with Crippen LogP contribution in [0, 0.1) is 0 Å². The van der Waals surface area contributed by atoms with Crippen molar-refractivity contribution in [3.63, 3.8) is 0 Å². The van der Waals surface area contributed by atoms with E-state index in [-0.39, 0.29) is 20.9 Å². The summed E-state index contributed by atoms with van der Waals surface area (Å²) in [6, 6.07) is 13.7. The molecule has 1 heterocycles. The molecule has 0 aliphatic rings. The number of aromatic nitrogens is 2. The minimum atomic E-state index is -6.09. The summed E-state index contributed by atoms with van der Waals surface area (Å²) in [5.41, 5.74) is 2.93. The van der Waals surface area contributed by atoms with Crippen LogP contribution in [0.15, 0.2) is 48.8 Å². The van der Waals surface area contributed by atoms with Crippen LogP contribution in [-0.2, 0) is 10.1 Å². The molecule has 5 nitrogen and oxygen atoms in total. The van der Waals surface area contributed by atoms with Gasteiger partial charge in [0.15, 0.2) is 10.1 Å². The van der Waals surface area contributed by atoms with Gasteiger partial charge in [0.25, 0.3) is 0 Å². The van der Waals surface area contributed by atoms with Crippen LogP contribution in [0.1, 0.15) is 101 Å². The molecule has 0 N–H and O–H groups in total. The quantitative estimate of drug-likeness (QED) is 0.121. The molecule has 2 aromatic carbocycles. The molecule has 0 fully saturated rings. The SMILES string of the molecule is C[Te]c1n(-c2c(C(C)C)cccc2C(C)C)cc[n+]1-c1c(C(C)C)cccc1C(C)C.O=S(=O)([O-])C(F)(F)F. The van der Waals surface area contributed by atoms with Crippen LogP contribution in [0.4, 0.5) is 13.2 Å². The number of imidazole rings is 1. The predicted octanol–water partition coefficient (Wildman–Crippen LogP) is 6.68. The number of hydrogen-bond donors (Lipinski definition) is 0. The molecule has 0 radical (unpaired) electrons. The summed E-state index contributed by atoms with van der Waals surface area (Å²) in [5, 5.41) is 0. The average molecular weight is 680 g/mol. The molecule has 0 unspecified atom stereocenters. The molecule has 1 aromatic heterocycles. The second-order valence-electron chi connectivity index (χ2n) is 10.6. The molecular weight excluding hydrogens is 641 g/mol. The first kappa shape index (κ1) is 33.3. The molecule has 216 valence electrons. The second kappa shape index (κ2) is 13.2. The van der Waals surface area contributed by atoms with E-state index in [2.05, 4.69) is 118 Å². The summed E-state index contributed by atoms with van der Waals surface area (Å²) in [6.45, 7) is 18.5. The van der Waals surface area contributed by atoms with E-state index in [9.17, 15) is 13.2 Å². The Morgan fingerprint density at radius 1 is 0.795 bits per heavy atom. The van der Waals surface area contributed by atoms with Crippen molar-refractivity contribution in [2.75, 3.05) is 0 Å². The topological polar surface area (TPSA) is 66.0 Å². The van der Waals surface area contributed by atoms with Gasteiger partial charge in [-0.3, -0.25) is 0 Å². The van der Waals surface area contributed by atoms with E-state index < -0.39 is 15.6 Å². The first-order valence-corrected chi connectivity index (χ1v) is 17.8. The van der Waals surface area contributed by atoms with Crippen LogP contribution in [-0.4, -0.2) is 44.0 Å². The van der Waals surface area contributed by atoms with Gasteiger partial charge in [0, 0.05) is 0 Å². The fourth-order valence-corrected chi connectivity index (χ4v) is 6.49. The Kier molecular flexibility index (Phi) is 11.3. The van der Waals surface area contributed by atoms with Crippen LogP contribution in [0.5, 0.6) is 0 Å². The molecule has 0 saturated carbocycles. The first-order valence-electron chi connectivity index (χ1n) is 12.9. The first-order chi connectivity index (χ1) is 17.9. The number of nitrogens with zero attached hydrogens (tertiary/aromatic N) is 2. The molecule has 0 aliphatic heterocycles. The van der Waals surface area contributed by atoms with Gasteiger partial charge in [-0.2, -0.15) is 13.2 Å². The number of alkyl halides is 3. The smallest absolute Gasteiger partial charge is 0.485 e. The Morgan fingerprint density at radius 2 is 1.15 bits per heavy atom. The number of hydrogen-bond acceptors (Lipinski definition) is 3. The fraction of sp³-hybridized carbons (Fsp3) is 0.483. The third-order valence-corrected chi connectivity index (χ3v) is 9.14. The zero-order valence-corrected chi connectivity index (χ0v) is 27.1. The van der Waals surface area contributed by atoms with E-state index in [4.69, 9.17) is 13.0 Å². The molecule has 10 heteroatoms. The van der Waals surface area contributed by atoms with Crippen LogP contribution < -0.4 is 8.44 Å². The summed E-state index contributed by atoms with van der Waals surface area (Å²) in [6.07, 6.45) is 4.63. The van der Waals surface area contributed by atoms with Crippen LogP contribution in [0.3, 0.4) is 0 Å². The van der Waals surface area contributed by atoms with Crippen molar-refractivity contribution in [3.8, 4) is 11.4 Å². The van der Waals surface area contributed by atoms with E-state index in [0.717, 1.165) is 0 Å². The van der Waals surface area contributed by atoms with Gasteiger partial charge in [-0.1, -0.05) is 0 Å². The molecule has 0 atom stereocenters. The standard InChI is InChI=1S/C28H39N2Te.CHF3O3S/c1-18(2)22-12-10-13-23(19(3)4)26(22)29-16-17-30(28(29)31-9)27-24(20(5)6)14-11-15-25(27)21(7)8;2-1(3,4)8(5,6)7/h10-21H,1-9H3;(H,5,6,7)/q+1;/p-1. The molecule has 0 amide bonds. The predicted molar refractivity (Wildman–Crippen MR) is 151 cm³/mol. The van der Waals surface area contributed by atoms with E-state index in [1.54, 1.807) is 0 Å². The molecule has 0 spiro atoms. The molecule has 39 heavy (non-hydrogen) atoms. The van der Waals surface area contributed by atoms with Crippen LogP contribution >= 0.6 is 0 Å². The van der Waals surface area contributed by atoms with E-state index in [1.807, 2.05) is 0 Å². The van der Waals surface area contributed by atoms with Gasteiger partial charge >= 0.3 is 206 Å². The second-order valence-corrected chi connectivity index (χ2v) is 14.2. The zero-order valence-electron chi connectivity index (χ0n) is 24.0. The van der Waals surface area contributed by atoms with Crippen LogP contribution in [0.25, 0.3) is 11.4 Å². The van der Waals surface area contributed by atoms with Crippen LogP contribution in [0.2, 0.25) is 4.97 Å². The summed E-state index contributed by atoms with van der Waals surface area (Å²) in [7, 11) is -6.09. The number of para-hydroxylation sites is 2. The van der Waals surface area contributed by atoms with Crippen molar-refractivity contribution in [2.45, 2.75) is 89.5 Å².